The number of carbonyl (C=O) groups is 1. The SMILES string of the molecule is O=C1CCc2c(cccc2[N+](=O)[O-])N1. The second kappa shape index (κ2) is 3.10. The molecule has 5 nitrogen and oxygen atoms in total. The van der Waals surface area contributed by atoms with Crippen LogP contribution in [0.1, 0.15) is 12.0 Å². The van der Waals surface area contributed by atoms with Crippen LogP contribution in [0.25, 0.3) is 0 Å². The number of nitro groups is 1. The average Bonchev–Trinajstić information content (AvgIpc) is 2.16. The van der Waals surface area contributed by atoms with Crippen LogP contribution in [0, 0.1) is 10.1 Å². The molecule has 0 saturated heterocycles. The number of hydrogen-bond acceptors (Lipinski definition) is 3. The van der Waals surface area contributed by atoms with E-state index in [1.807, 2.05) is 0 Å². The van der Waals surface area contributed by atoms with E-state index in [4.69, 9.17) is 0 Å². The van der Waals surface area contributed by atoms with Crippen molar-refractivity contribution < 1.29 is 9.72 Å². The number of amides is 1. The summed E-state index contributed by atoms with van der Waals surface area (Å²) in [5, 5.41) is 13.3. The van der Waals surface area contributed by atoms with E-state index in [9.17, 15) is 14.9 Å². The third-order valence-electron chi connectivity index (χ3n) is 2.22. The van der Waals surface area contributed by atoms with Gasteiger partial charge >= 0.3 is 0 Å². The molecular formula is C9H8N2O3. The van der Waals surface area contributed by atoms with E-state index in [0.717, 1.165) is 0 Å². The Balaban J connectivity index is 2.52. The van der Waals surface area contributed by atoms with Gasteiger partial charge in [-0.3, -0.25) is 14.9 Å². The van der Waals surface area contributed by atoms with Gasteiger partial charge in [-0.25, -0.2) is 0 Å². The summed E-state index contributed by atoms with van der Waals surface area (Å²) < 4.78 is 0. The van der Waals surface area contributed by atoms with Crippen molar-refractivity contribution in [2.75, 3.05) is 5.32 Å². The van der Waals surface area contributed by atoms with Gasteiger partial charge in [0.05, 0.1) is 16.2 Å². The number of rotatable bonds is 1. The molecule has 5 heteroatoms. The molecule has 0 aliphatic carbocycles. The number of hydrogen-bond donors (Lipinski definition) is 1. The van der Waals surface area contributed by atoms with Crippen LogP contribution in [0.3, 0.4) is 0 Å². The molecule has 0 saturated carbocycles. The summed E-state index contributed by atoms with van der Waals surface area (Å²) in [4.78, 5) is 21.3. The minimum atomic E-state index is -0.420. The first-order valence-corrected chi connectivity index (χ1v) is 4.24. The molecule has 14 heavy (non-hydrogen) atoms. The minimum Gasteiger partial charge on any atom is -0.326 e. The van der Waals surface area contributed by atoms with Gasteiger partial charge in [0.2, 0.25) is 5.91 Å². The molecule has 0 spiro atoms. The zero-order valence-electron chi connectivity index (χ0n) is 7.32. The summed E-state index contributed by atoms with van der Waals surface area (Å²) in [6, 6.07) is 4.71. The van der Waals surface area contributed by atoms with Crippen LogP contribution in [0.4, 0.5) is 11.4 Å². The Labute approximate surface area is 79.9 Å². The van der Waals surface area contributed by atoms with E-state index >= 15 is 0 Å². The number of nitrogens with one attached hydrogen (secondary N) is 1. The maximum atomic E-state index is 11.0. The Kier molecular flexibility index (Phi) is 1.92. The lowest BCUT2D eigenvalue weighted by atomic mass is 10.0. The summed E-state index contributed by atoms with van der Waals surface area (Å²) in [6.07, 6.45) is 0.760. The number of nitrogens with zero attached hydrogens (tertiary/aromatic N) is 1. The molecule has 1 N–H and O–H groups in total. The van der Waals surface area contributed by atoms with Crippen LogP contribution in [-0.2, 0) is 11.2 Å². The fourth-order valence-corrected chi connectivity index (χ4v) is 1.58. The highest BCUT2D eigenvalue weighted by atomic mass is 16.6. The number of benzene rings is 1. The van der Waals surface area contributed by atoms with Gasteiger partial charge in [0.25, 0.3) is 5.69 Å². The topological polar surface area (TPSA) is 72.2 Å². The molecule has 0 fully saturated rings. The molecule has 2 rings (SSSR count). The molecule has 1 aromatic carbocycles. The monoisotopic (exact) mass is 192 g/mol. The quantitative estimate of drug-likeness (QED) is 0.541. The van der Waals surface area contributed by atoms with Gasteiger partial charge in [0, 0.05) is 12.5 Å². The number of nitro benzene ring substituents is 1. The van der Waals surface area contributed by atoms with Crippen LogP contribution >= 0.6 is 0 Å². The molecule has 0 unspecified atom stereocenters. The van der Waals surface area contributed by atoms with Crippen molar-refractivity contribution in [1.29, 1.82) is 0 Å². The maximum absolute atomic E-state index is 11.0. The molecule has 0 aromatic heterocycles. The molecule has 72 valence electrons. The lowest BCUT2D eigenvalue weighted by Crippen LogP contribution is -2.19. The molecular weight excluding hydrogens is 184 g/mol. The van der Waals surface area contributed by atoms with E-state index < -0.39 is 4.92 Å². The van der Waals surface area contributed by atoms with E-state index in [-0.39, 0.29) is 11.6 Å². The second-order valence-corrected chi connectivity index (χ2v) is 3.11. The first kappa shape index (κ1) is 8.68. The number of anilines is 1. The first-order chi connectivity index (χ1) is 6.68. The van der Waals surface area contributed by atoms with Crippen molar-refractivity contribution >= 4 is 17.3 Å². The smallest absolute Gasteiger partial charge is 0.274 e. The zero-order chi connectivity index (χ0) is 10.1. The van der Waals surface area contributed by atoms with Crippen molar-refractivity contribution in [3.63, 3.8) is 0 Å². The van der Waals surface area contributed by atoms with Gasteiger partial charge in [-0.1, -0.05) is 6.07 Å². The molecule has 0 atom stereocenters. The zero-order valence-corrected chi connectivity index (χ0v) is 7.32. The van der Waals surface area contributed by atoms with Gasteiger partial charge in [-0.15, -0.1) is 0 Å². The maximum Gasteiger partial charge on any atom is 0.274 e. The van der Waals surface area contributed by atoms with Crippen LogP contribution < -0.4 is 5.32 Å². The highest BCUT2D eigenvalue weighted by molar-refractivity contribution is 5.94. The van der Waals surface area contributed by atoms with Crippen LogP contribution in [0.2, 0.25) is 0 Å². The van der Waals surface area contributed by atoms with Crippen molar-refractivity contribution in [1.82, 2.24) is 0 Å². The fourth-order valence-electron chi connectivity index (χ4n) is 1.58. The highest BCUT2D eigenvalue weighted by Gasteiger charge is 2.22. The van der Waals surface area contributed by atoms with Gasteiger partial charge in [-0.2, -0.15) is 0 Å². The van der Waals surface area contributed by atoms with E-state index in [1.54, 1.807) is 12.1 Å². The lowest BCUT2D eigenvalue weighted by molar-refractivity contribution is -0.385. The first-order valence-electron chi connectivity index (χ1n) is 4.24. The summed E-state index contributed by atoms with van der Waals surface area (Å²) in [7, 11) is 0. The summed E-state index contributed by atoms with van der Waals surface area (Å²) >= 11 is 0. The molecule has 1 amide bonds. The van der Waals surface area contributed by atoms with Gasteiger partial charge in [-0.05, 0) is 12.5 Å². The summed E-state index contributed by atoms with van der Waals surface area (Å²) in [5.74, 6) is -0.0852. The van der Waals surface area contributed by atoms with Gasteiger partial charge < -0.3 is 5.32 Å². The Hall–Kier alpha value is -1.91. The standard InChI is InChI=1S/C9H8N2O3/c12-9-5-4-6-7(10-9)2-1-3-8(6)11(13)14/h1-3H,4-5H2,(H,10,12). The largest absolute Gasteiger partial charge is 0.326 e. The van der Waals surface area contributed by atoms with Crippen LogP contribution in [0.15, 0.2) is 18.2 Å². The Bertz CT molecular complexity index is 415. The van der Waals surface area contributed by atoms with E-state index in [1.165, 1.54) is 6.07 Å². The molecule has 1 aliphatic heterocycles. The van der Waals surface area contributed by atoms with Crippen molar-refractivity contribution in [3.05, 3.63) is 33.9 Å². The molecule has 1 aliphatic rings. The van der Waals surface area contributed by atoms with Gasteiger partial charge in [0.1, 0.15) is 0 Å². The Morgan fingerprint density at radius 2 is 2.14 bits per heavy atom. The molecule has 0 radical (unpaired) electrons. The number of carbonyl (C=O) groups excluding carboxylic acids is 1. The average molecular weight is 192 g/mol. The third-order valence-corrected chi connectivity index (χ3v) is 2.22. The van der Waals surface area contributed by atoms with Crippen LogP contribution in [0.5, 0.6) is 0 Å². The fraction of sp³-hybridized carbons (Fsp3) is 0.222. The van der Waals surface area contributed by atoms with Crippen LogP contribution in [-0.4, -0.2) is 10.8 Å². The predicted octanol–water partition coefficient (Wildman–Crippen LogP) is 1.48. The lowest BCUT2D eigenvalue weighted by Gasteiger charge is -2.15. The van der Waals surface area contributed by atoms with Crippen molar-refractivity contribution in [3.8, 4) is 0 Å². The summed E-state index contributed by atoms with van der Waals surface area (Å²) in [6.45, 7) is 0. The van der Waals surface area contributed by atoms with E-state index in [0.29, 0.717) is 24.1 Å². The molecule has 1 heterocycles. The Morgan fingerprint density at radius 1 is 1.36 bits per heavy atom. The molecule has 0 bridgehead atoms. The van der Waals surface area contributed by atoms with Gasteiger partial charge in [0.15, 0.2) is 0 Å². The Morgan fingerprint density at radius 3 is 2.86 bits per heavy atom. The third kappa shape index (κ3) is 1.32. The second-order valence-electron chi connectivity index (χ2n) is 3.11. The van der Waals surface area contributed by atoms with E-state index in [2.05, 4.69) is 5.32 Å². The predicted molar refractivity (Wildman–Crippen MR) is 50.0 cm³/mol. The summed E-state index contributed by atoms with van der Waals surface area (Å²) in [5.41, 5.74) is 1.27. The normalized spacial score (nSPS) is 14.4. The molecule has 1 aromatic rings. The highest BCUT2D eigenvalue weighted by Crippen LogP contribution is 2.30. The van der Waals surface area contributed by atoms with Crippen molar-refractivity contribution in [2.24, 2.45) is 0 Å². The van der Waals surface area contributed by atoms with Crippen molar-refractivity contribution in [2.45, 2.75) is 12.8 Å². The minimum absolute atomic E-state index is 0.0852. The number of fused-ring (bicyclic) bond motifs is 1.